The molecule has 0 unspecified atom stereocenters. The van der Waals surface area contributed by atoms with E-state index < -0.39 is 5.60 Å². The molecule has 1 aliphatic rings. The number of Topliss-reactive ketones (excluding diaryl/α,β-unsaturated/α-hetero) is 1. The van der Waals surface area contributed by atoms with Crippen LogP contribution in [0.3, 0.4) is 0 Å². The first-order valence-electron chi connectivity index (χ1n) is 7.69. The Kier molecular flexibility index (Phi) is 6.44. The summed E-state index contributed by atoms with van der Waals surface area (Å²) in [7, 11) is 0. The number of hydrogen-bond donors (Lipinski definition) is 0. The molecule has 114 valence electrons. The fourth-order valence-electron chi connectivity index (χ4n) is 2.89. The Bertz CT molecular complexity index is 352. The molecule has 0 radical (unpaired) electrons. The maximum atomic E-state index is 12.2. The highest BCUT2D eigenvalue weighted by molar-refractivity contribution is 5.82. The van der Waals surface area contributed by atoms with E-state index in [1.54, 1.807) is 0 Å². The van der Waals surface area contributed by atoms with Crippen LogP contribution in [0.25, 0.3) is 0 Å². The van der Waals surface area contributed by atoms with Crippen molar-refractivity contribution in [1.29, 1.82) is 0 Å². The van der Waals surface area contributed by atoms with Crippen LogP contribution in [0.5, 0.6) is 0 Å². The molecule has 0 aromatic carbocycles. The van der Waals surface area contributed by atoms with Crippen LogP contribution < -0.4 is 0 Å². The minimum Gasteiger partial charge on any atom is -0.460 e. The predicted molar refractivity (Wildman–Crippen MR) is 80.3 cm³/mol. The van der Waals surface area contributed by atoms with E-state index >= 15 is 0 Å². The smallest absolute Gasteiger partial charge is 0.306 e. The lowest BCUT2D eigenvalue weighted by atomic mass is 9.81. The zero-order valence-electron chi connectivity index (χ0n) is 13.1. The zero-order valence-corrected chi connectivity index (χ0v) is 13.1. The van der Waals surface area contributed by atoms with Gasteiger partial charge in [0.15, 0.2) is 0 Å². The standard InChI is InChI=1S/C17H28O3/c1-5-6-10-14-13(9-7-8-11-15(14)18)12-16(19)20-17(2,3)4/h5,13-14H,1,6-12H2,2-4H3/t13-,14+/m1/s1. The van der Waals surface area contributed by atoms with E-state index in [1.807, 2.05) is 26.8 Å². The highest BCUT2D eigenvalue weighted by Crippen LogP contribution is 2.32. The first-order valence-corrected chi connectivity index (χ1v) is 7.69. The highest BCUT2D eigenvalue weighted by atomic mass is 16.6. The van der Waals surface area contributed by atoms with Crippen LogP contribution in [0, 0.1) is 11.8 Å². The van der Waals surface area contributed by atoms with E-state index in [0.29, 0.717) is 18.6 Å². The summed E-state index contributed by atoms with van der Waals surface area (Å²) in [6.07, 6.45) is 7.46. The van der Waals surface area contributed by atoms with E-state index in [4.69, 9.17) is 4.74 Å². The van der Waals surface area contributed by atoms with E-state index in [9.17, 15) is 9.59 Å². The number of ketones is 1. The van der Waals surface area contributed by atoms with Gasteiger partial charge in [0.2, 0.25) is 0 Å². The number of rotatable bonds is 5. The van der Waals surface area contributed by atoms with E-state index in [2.05, 4.69) is 6.58 Å². The van der Waals surface area contributed by atoms with Gasteiger partial charge < -0.3 is 4.74 Å². The fraction of sp³-hybridized carbons (Fsp3) is 0.765. The van der Waals surface area contributed by atoms with Crippen molar-refractivity contribution in [1.82, 2.24) is 0 Å². The molecule has 20 heavy (non-hydrogen) atoms. The number of carbonyl (C=O) groups is 2. The van der Waals surface area contributed by atoms with Crippen LogP contribution in [-0.4, -0.2) is 17.4 Å². The Morgan fingerprint density at radius 2 is 2.10 bits per heavy atom. The van der Waals surface area contributed by atoms with Crippen molar-refractivity contribution in [2.75, 3.05) is 0 Å². The van der Waals surface area contributed by atoms with Gasteiger partial charge in [-0.25, -0.2) is 0 Å². The predicted octanol–water partition coefficient (Wildman–Crippen LogP) is 4.06. The van der Waals surface area contributed by atoms with Gasteiger partial charge in [-0.1, -0.05) is 12.5 Å². The minimum atomic E-state index is -0.456. The molecule has 0 aromatic heterocycles. The third kappa shape index (κ3) is 5.89. The minimum absolute atomic E-state index is 0.00279. The largest absolute Gasteiger partial charge is 0.460 e. The van der Waals surface area contributed by atoms with Gasteiger partial charge in [0, 0.05) is 18.8 Å². The number of carbonyl (C=O) groups excluding carboxylic acids is 2. The molecule has 1 aliphatic carbocycles. The van der Waals surface area contributed by atoms with E-state index in [1.165, 1.54) is 0 Å². The molecule has 1 rings (SSSR count). The third-order valence-electron chi connectivity index (χ3n) is 3.76. The van der Waals surface area contributed by atoms with Crippen molar-refractivity contribution in [2.24, 2.45) is 11.8 Å². The molecule has 1 saturated carbocycles. The molecule has 0 saturated heterocycles. The lowest BCUT2D eigenvalue weighted by Crippen LogP contribution is -2.29. The molecule has 0 N–H and O–H groups in total. The second kappa shape index (κ2) is 7.61. The summed E-state index contributed by atoms with van der Waals surface area (Å²) >= 11 is 0. The van der Waals surface area contributed by atoms with Crippen molar-refractivity contribution in [3.05, 3.63) is 12.7 Å². The lowest BCUT2D eigenvalue weighted by Gasteiger charge is -2.25. The molecule has 0 spiro atoms. The van der Waals surface area contributed by atoms with Gasteiger partial charge in [-0.2, -0.15) is 0 Å². The average molecular weight is 280 g/mol. The molecular formula is C17H28O3. The third-order valence-corrected chi connectivity index (χ3v) is 3.76. The Morgan fingerprint density at radius 3 is 2.70 bits per heavy atom. The van der Waals surface area contributed by atoms with Crippen LogP contribution in [-0.2, 0) is 14.3 Å². The molecule has 0 amide bonds. The summed E-state index contributed by atoms with van der Waals surface area (Å²) in [5.41, 5.74) is -0.456. The van der Waals surface area contributed by atoms with Gasteiger partial charge in [-0.3, -0.25) is 9.59 Å². The summed E-state index contributed by atoms with van der Waals surface area (Å²) in [6.45, 7) is 9.35. The fourth-order valence-corrected chi connectivity index (χ4v) is 2.89. The van der Waals surface area contributed by atoms with Gasteiger partial charge in [0.25, 0.3) is 0 Å². The van der Waals surface area contributed by atoms with Crippen molar-refractivity contribution in [3.8, 4) is 0 Å². The van der Waals surface area contributed by atoms with Crippen molar-refractivity contribution >= 4 is 11.8 Å². The van der Waals surface area contributed by atoms with E-state index in [0.717, 1.165) is 32.1 Å². The molecule has 2 atom stereocenters. The number of hydrogen-bond acceptors (Lipinski definition) is 3. The Hall–Kier alpha value is -1.12. The van der Waals surface area contributed by atoms with Crippen LogP contribution in [0.2, 0.25) is 0 Å². The average Bonchev–Trinajstić information content (AvgIpc) is 2.47. The summed E-state index contributed by atoms with van der Waals surface area (Å²) in [5.74, 6) is 0.279. The van der Waals surface area contributed by atoms with Crippen LogP contribution >= 0.6 is 0 Å². The summed E-state index contributed by atoms with van der Waals surface area (Å²) in [6, 6.07) is 0. The normalized spacial score (nSPS) is 24.1. The lowest BCUT2D eigenvalue weighted by molar-refractivity contribution is -0.156. The second-order valence-corrected chi connectivity index (χ2v) is 6.74. The van der Waals surface area contributed by atoms with Gasteiger partial charge in [-0.05, 0) is 52.4 Å². The van der Waals surface area contributed by atoms with Gasteiger partial charge in [-0.15, -0.1) is 6.58 Å². The first-order chi connectivity index (χ1) is 9.33. The monoisotopic (exact) mass is 280 g/mol. The summed E-state index contributed by atoms with van der Waals surface area (Å²) in [4.78, 5) is 24.2. The van der Waals surface area contributed by atoms with Crippen molar-refractivity contribution in [3.63, 3.8) is 0 Å². The SMILES string of the molecule is C=CCC[C@@H]1C(=O)CCCC[C@@H]1CC(=O)OC(C)(C)C. The number of esters is 1. The summed E-state index contributed by atoms with van der Waals surface area (Å²) in [5, 5.41) is 0. The van der Waals surface area contributed by atoms with Gasteiger partial charge >= 0.3 is 5.97 Å². The Morgan fingerprint density at radius 1 is 1.40 bits per heavy atom. The van der Waals surface area contributed by atoms with Crippen molar-refractivity contribution < 1.29 is 14.3 Å². The number of allylic oxidation sites excluding steroid dienone is 1. The maximum absolute atomic E-state index is 12.2. The number of ether oxygens (including phenoxy) is 1. The molecular weight excluding hydrogens is 252 g/mol. The molecule has 0 heterocycles. The second-order valence-electron chi connectivity index (χ2n) is 6.74. The van der Waals surface area contributed by atoms with Crippen LogP contribution in [0.15, 0.2) is 12.7 Å². The van der Waals surface area contributed by atoms with Gasteiger partial charge in [0.1, 0.15) is 11.4 Å². The zero-order chi connectivity index (χ0) is 15.2. The molecule has 3 heteroatoms. The highest BCUT2D eigenvalue weighted by Gasteiger charge is 2.32. The van der Waals surface area contributed by atoms with Crippen LogP contribution in [0.4, 0.5) is 0 Å². The molecule has 0 aromatic rings. The quantitative estimate of drug-likeness (QED) is 0.433. The van der Waals surface area contributed by atoms with Crippen molar-refractivity contribution in [2.45, 2.75) is 71.3 Å². The molecule has 1 fully saturated rings. The Balaban J connectivity index is 2.68. The van der Waals surface area contributed by atoms with Crippen LogP contribution in [0.1, 0.15) is 65.7 Å². The summed E-state index contributed by atoms with van der Waals surface area (Å²) < 4.78 is 5.40. The molecule has 0 bridgehead atoms. The molecule has 3 nitrogen and oxygen atoms in total. The topological polar surface area (TPSA) is 43.4 Å². The maximum Gasteiger partial charge on any atom is 0.306 e. The Labute approximate surface area is 122 Å². The van der Waals surface area contributed by atoms with Gasteiger partial charge in [0.05, 0.1) is 0 Å². The molecule has 0 aliphatic heterocycles. The first kappa shape index (κ1) is 16.9. The van der Waals surface area contributed by atoms with E-state index in [-0.39, 0.29) is 17.8 Å².